The van der Waals surface area contributed by atoms with Crippen LogP contribution in [0.5, 0.6) is 5.75 Å². The van der Waals surface area contributed by atoms with Crippen LogP contribution in [0, 0.1) is 0 Å². The van der Waals surface area contributed by atoms with E-state index in [1.54, 1.807) is 17.0 Å². The number of aliphatic hydroxyl groups is 1. The summed E-state index contributed by atoms with van der Waals surface area (Å²) in [4.78, 5) is 1.73. The van der Waals surface area contributed by atoms with Crippen molar-refractivity contribution in [2.45, 2.75) is 12.3 Å². The molecule has 0 aromatic heterocycles. The summed E-state index contributed by atoms with van der Waals surface area (Å²) in [6.07, 6.45) is 0. The lowest BCUT2D eigenvalue weighted by Crippen LogP contribution is -2.44. The first-order chi connectivity index (χ1) is 10.5. The lowest BCUT2D eigenvalue weighted by atomic mass is 10.0. The van der Waals surface area contributed by atoms with Crippen molar-refractivity contribution in [2.75, 3.05) is 5.75 Å². The van der Waals surface area contributed by atoms with Gasteiger partial charge in [-0.25, -0.2) is 0 Å². The van der Waals surface area contributed by atoms with Gasteiger partial charge in [-0.05, 0) is 23.8 Å². The number of halogens is 1. The van der Waals surface area contributed by atoms with E-state index in [0.29, 0.717) is 27.2 Å². The van der Waals surface area contributed by atoms with E-state index in [2.05, 4.69) is 0 Å². The zero-order valence-corrected chi connectivity index (χ0v) is 14.0. The van der Waals surface area contributed by atoms with Crippen molar-refractivity contribution in [3.8, 4) is 5.75 Å². The highest BCUT2D eigenvalue weighted by Gasteiger charge is 2.45. The molecule has 2 N–H and O–H groups in total. The van der Waals surface area contributed by atoms with Crippen molar-refractivity contribution < 1.29 is 10.2 Å². The minimum Gasteiger partial charge on any atom is -0.507 e. The number of hydrogen-bond donors (Lipinski definition) is 2. The molecule has 1 fully saturated rings. The van der Waals surface area contributed by atoms with Crippen molar-refractivity contribution in [1.29, 1.82) is 0 Å². The number of thioether (sulfide) groups is 1. The van der Waals surface area contributed by atoms with Gasteiger partial charge in [-0.1, -0.05) is 65.9 Å². The van der Waals surface area contributed by atoms with Crippen molar-refractivity contribution in [1.82, 2.24) is 4.90 Å². The summed E-state index contributed by atoms with van der Waals surface area (Å²) in [7, 11) is 0. The molecule has 0 saturated carbocycles. The van der Waals surface area contributed by atoms with E-state index in [4.69, 9.17) is 23.8 Å². The summed E-state index contributed by atoms with van der Waals surface area (Å²) in [6.45, 7) is 0.467. The van der Waals surface area contributed by atoms with Gasteiger partial charge < -0.3 is 15.1 Å². The largest absolute Gasteiger partial charge is 0.507 e. The fourth-order valence-electron chi connectivity index (χ4n) is 2.48. The number of nitrogens with zero attached hydrogens (tertiary/aromatic N) is 1. The maximum absolute atomic E-state index is 11.2. The molecule has 3 rings (SSSR count). The Kier molecular flexibility index (Phi) is 4.32. The first kappa shape index (κ1) is 15.6. The van der Waals surface area contributed by atoms with E-state index >= 15 is 0 Å². The Morgan fingerprint density at radius 3 is 2.68 bits per heavy atom. The zero-order valence-electron chi connectivity index (χ0n) is 11.6. The van der Waals surface area contributed by atoms with Gasteiger partial charge in [-0.3, -0.25) is 0 Å². The molecule has 0 bridgehead atoms. The van der Waals surface area contributed by atoms with Gasteiger partial charge in [0.25, 0.3) is 0 Å². The Morgan fingerprint density at radius 2 is 1.95 bits per heavy atom. The maximum Gasteiger partial charge on any atom is 0.179 e. The monoisotopic (exact) mass is 351 g/mol. The molecule has 114 valence electrons. The average Bonchev–Trinajstić information content (AvgIpc) is 2.80. The Morgan fingerprint density at radius 1 is 1.23 bits per heavy atom. The average molecular weight is 352 g/mol. The van der Waals surface area contributed by atoms with Gasteiger partial charge >= 0.3 is 0 Å². The maximum atomic E-state index is 11.2. The van der Waals surface area contributed by atoms with E-state index in [9.17, 15) is 10.2 Å². The van der Waals surface area contributed by atoms with Gasteiger partial charge in [0.15, 0.2) is 5.72 Å². The molecule has 0 radical (unpaired) electrons. The summed E-state index contributed by atoms with van der Waals surface area (Å²) >= 11 is 12.8. The predicted octanol–water partition coefficient (Wildman–Crippen LogP) is 3.72. The van der Waals surface area contributed by atoms with Crippen molar-refractivity contribution in [3.05, 3.63) is 64.7 Å². The van der Waals surface area contributed by atoms with Crippen molar-refractivity contribution in [2.24, 2.45) is 0 Å². The summed E-state index contributed by atoms with van der Waals surface area (Å²) in [5.41, 5.74) is 0.0441. The molecule has 1 heterocycles. The molecule has 1 unspecified atom stereocenters. The molecule has 2 aromatic carbocycles. The Balaban J connectivity index is 2.00. The molecule has 2 aromatic rings. The minimum absolute atomic E-state index is 0.00950. The van der Waals surface area contributed by atoms with Crippen molar-refractivity contribution in [3.63, 3.8) is 0 Å². The molecular formula is C16H14ClNO2S2. The number of aromatic hydroxyl groups is 1. The van der Waals surface area contributed by atoms with Gasteiger partial charge in [-0.15, -0.1) is 0 Å². The van der Waals surface area contributed by atoms with E-state index in [0.717, 1.165) is 5.56 Å². The lowest BCUT2D eigenvalue weighted by molar-refractivity contribution is -0.0523. The summed E-state index contributed by atoms with van der Waals surface area (Å²) in [5.74, 6) is 0.363. The molecule has 1 aliphatic rings. The molecule has 1 saturated heterocycles. The number of benzene rings is 2. The van der Waals surface area contributed by atoms with Gasteiger partial charge in [0, 0.05) is 17.1 Å². The number of phenols is 1. The van der Waals surface area contributed by atoms with Crippen LogP contribution in [-0.2, 0) is 12.3 Å². The van der Waals surface area contributed by atoms with Gasteiger partial charge in [0.1, 0.15) is 10.1 Å². The molecule has 0 amide bonds. The second-order valence-corrected chi connectivity index (χ2v) is 7.15. The quantitative estimate of drug-likeness (QED) is 0.825. The normalized spacial score (nSPS) is 21.4. The minimum atomic E-state index is -1.37. The van der Waals surface area contributed by atoms with Crippen LogP contribution < -0.4 is 0 Å². The van der Waals surface area contributed by atoms with Gasteiger partial charge in [0.2, 0.25) is 0 Å². The number of hydrogen-bond acceptors (Lipinski definition) is 4. The van der Waals surface area contributed by atoms with Crippen LogP contribution in [0.2, 0.25) is 5.02 Å². The Hall–Kier alpha value is -1.27. The van der Waals surface area contributed by atoms with E-state index in [1.807, 2.05) is 30.3 Å². The molecular weight excluding hydrogens is 338 g/mol. The van der Waals surface area contributed by atoms with Crippen LogP contribution in [0.3, 0.4) is 0 Å². The molecule has 3 nitrogen and oxygen atoms in total. The van der Waals surface area contributed by atoms with Crippen LogP contribution in [-0.4, -0.2) is 25.2 Å². The van der Waals surface area contributed by atoms with E-state index in [1.165, 1.54) is 17.8 Å². The Labute approximate surface area is 143 Å². The number of rotatable bonds is 3. The van der Waals surface area contributed by atoms with Crippen LogP contribution in [0.4, 0.5) is 0 Å². The van der Waals surface area contributed by atoms with Crippen molar-refractivity contribution >= 4 is 39.9 Å². The van der Waals surface area contributed by atoms with Crippen LogP contribution in [0.25, 0.3) is 0 Å². The molecule has 22 heavy (non-hydrogen) atoms. The standard InChI is InChI=1S/C16H14ClNO2S2/c17-12-6-7-14(19)13(8-12)16(20)10-22-15(21)18(16)9-11-4-2-1-3-5-11/h1-8,19-20H,9-10H2. The third-order valence-corrected chi connectivity index (χ3v) is 5.46. The first-order valence-electron chi connectivity index (χ1n) is 6.70. The fourth-order valence-corrected chi connectivity index (χ4v) is 4.05. The zero-order chi connectivity index (χ0) is 15.7. The molecule has 0 spiro atoms. The first-order valence-corrected chi connectivity index (χ1v) is 8.47. The summed E-state index contributed by atoms with van der Waals surface area (Å²) < 4.78 is 0.603. The third kappa shape index (κ3) is 2.82. The topological polar surface area (TPSA) is 43.7 Å². The van der Waals surface area contributed by atoms with Crippen LogP contribution in [0.1, 0.15) is 11.1 Å². The second kappa shape index (κ2) is 6.08. The summed E-state index contributed by atoms with van der Waals surface area (Å²) in [5, 5.41) is 21.8. The molecule has 6 heteroatoms. The van der Waals surface area contributed by atoms with Gasteiger partial charge in [0.05, 0.1) is 5.75 Å². The second-order valence-electron chi connectivity index (χ2n) is 5.10. The molecule has 1 atom stereocenters. The SMILES string of the molecule is Oc1ccc(Cl)cc1C1(O)CSC(=S)N1Cc1ccccc1. The highest BCUT2D eigenvalue weighted by Crippen LogP contribution is 2.43. The smallest absolute Gasteiger partial charge is 0.179 e. The van der Waals surface area contributed by atoms with Crippen LogP contribution in [0.15, 0.2) is 48.5 Å². The van der Waals surface area contributed by atoms with Crippen LogP contribution >= 0.6 is 35.6 Å². The number of thiocarbonyl (C=S) groups is 1. The lowest BCUT2D eigenvalue weighted by Gasteiger charge is -2.35. The number of phenolic OH excluding ortho intramolecular Hbond substituents is 1. The van der Waals surface area contributed by atoms with Gasteiger partial charge in [-0.2, -0.15) is 0 Å². The van der Waals surface area contributed by atoms with E-state index < -0.39 is 5.72 Å². The third-order valence-electron chi connectivity index (χ3n) is 3.64. The fraction of sp³-hybridized carbons (Fsp3) is 0.188. The summed E-state index contributed by atoms with van der Waals surface area (Å²) in [6, 6.07) is 14.4. The molecule has 1 aliphatic heterocycles. The Bertz CT molecular complexity index is 711. The molecule has 0 aliphatic carbocycles. The highest BCUT2D eigenvalue weighted by molar-refractivity contribution is 8.23. The highest BCUT2D eigenvalue weighted by atomic mass is 35.5. The predicted molar refractivity (Wildman–Crippen MR) is 94.1 cm³/mol. The van der Waals surface area contributed by atoms with E-state index in [-0.39, 0.29) is 5.75 Å².